The first-order valence-electron chi connectivity index (χ1n) is 6.22. The molecule has 7 heteroatoms. The highest BCUT2D eigenvalue weighted by Crippen LogP contribution is 2.17. The van der Waals surface area contributed by atoms with Crippen molar-refractivity contribution in [2.45, 2.75) is 13.8 Å². The van der Waals surface area contributed by atoms with Crippen LogP contribution in [0.1, 0.15) is 12.7 Å². The van der Waals surface area contributed by atoms with Crippen LogP contribution in [0.4, 0.5) is 5.95 Å². The van der Waals surface area contributed by atoms with E-state index < -0.39 is 0 Å². The normalized spacial score (nSPS) is 10.1. The van der Waals surface area contributed by atoms with Crippen LogP contribution in [0.25, 0.3) is 0 Å². The molecule has 106 valence electrons. The molecule has 0 bridgehead atoms. The number of hydrogen-bond acceptors (Lipinski definition) is 5. The molecule has 0 aliphatic rings. The maximum atomic E-state index is 11.6. The lowest BCUT2D eigenvalue weighted by Gasteiger charge is -2.07. The van der Waals surface area contributed by atoms with Crippen LogP contribution in [0, 0.1) is 6.92 Å². The highest BCUT2D eigenvalue weighted by Gasteiger charge is 2.07. The molecular formula is C13H16N4O3. The van der Waals surface area contributed by atoms with Crippen molar-refractivity contribution in [2.24, 2.45) is 0 Å². The first-order chi connectivity index (χ1) is 9.67. The number of aromatic nitrogens is 3. The molecule has 2 aromatic rings. The van der Waals surface area contributed by atoms with Crippen molar-refractivity contribution in [3.8, 4) is 11.5 Å². The molecule has 0 saturated heterocycles. The van der Waals surface area contributed by atoms with Crippen molar-refractivity contribution in [2.75, 3.05) is 18.5 Å². The van der Waals surface area contributed by atoms with Gasteiger partial charge in [0.15, 0.2) is 6.61 Å². The molecule has 0 atom stereocenters. The largest absolute Gasteiger partial charge is 0.494 e. The lowest BCUT2D eigenvalue weighted by molar-refractivity contribution is -0.118. The smallest absolute Gasteiger partial charge is 0.264 e. The van der Waals surface area contributed by atoms with Crippen molar-refractivity contribution < 1.29 is 14.3 Å². The standard InChI is InChI=1S/C13H16N4O3/c1-3-19-10-4-6-11(7-5-10)20-8-12(18)15-13-14-9(2)16-17-13/h4-7H,3,8H2,1-2H3,(H2,14,15,16,17,18). The Bertz CT molecular complexity index is 565. The summed E-state index contributed by atoms with van der Waals surface area (Å²) in [6, 6.07) is 7.06. The van der Waals surface area contributed by atoms with Crippen molar-refractivity contribution in [1.82, 2.24) is 15.2 Å². The van der Waals surface area contributed by atoms with E-state index in [0.717, 1.165) is 5.75 Å². The molecule has 1 amide bonds. The average molecular weight is 276 g/mol. The molecule has 0 aliphatic carbocycles. The maximum absolute atomic E-state index is 11.6. The van der Waals surface area contributed by atoms with Crippen LogP contribution in [0.2, 0.25) is 0 Å². The minimum atomic E-state index is -0.321. The third-order valence-corrected chi connectivity index (χ3v) is 2.35. The van der Waals surface area contributed by atoms with Gasteiger partial charge in [0.1, 0.15) is 17.3 Å². The van der Waals surface area contributed by atoms with E-state index in [1.54, 1.807) is 31.2 Å². The van der Waals surface area contributed by atoms with Crippen molar-refractivity contribution in [3.63, 3.8) is 0 Å². The van der Waals surface area contributed by atoms with E-state index in [0.29, 0.717) is 18.2 Å². The molecule has 1 aromatic heterocycles. The zero-order valence-electron chi connectivity index (χ0n) is 11.3. The molecule has 1 aromatic carbocycles. The highest BCUT2D eigenvalue weighted by molar-refractivity contribution is 5.90. The van der Waals surface area contributed by atoms with Gasteiger partial charge in [0, 0.05) is 0 Å². The van der Waals surface area contributed by atoms with Gasteiger partial charge in [0.2, 0.25) is 5.95 Å². The minimum Gasteiger partial charge on any atom is -0.494 e. The van der Waals surface area contributed by atoms with E-state index in [1.165, 1.54) is 0 Å². The van der Waals surface area contributed by atoms with E-state index in [-0.39, 0.29) is 18.5 Å². The van der Waals surface area contributed by atoms with Crippen LogP contribution in [0.3, 0.4) is 0 Å². The predicted molar refractivity (Wildman–Crippen MR) is 72.9 cm³/mol. The second-order valence-corrected chi connectivity index (χ2v) is 3.99. The van der Waals surface area contributed by atoms with Crippen LogP contribution in [0.15, 0.2) is 24.3 Å². The van der Waals surface area contributed by atoms with Crippen LogP contribution < -0.4 is 14.8 Å². The number of aromatic amines is 1. The van der Waals surface area contributed by atoms with E-state index in [2.05, 4.69) is 20.5 Å². The van der Waals surface area contributed by atoms with Gasteiger partial charge in [0.25, 0.3) is 5.91 Å². The monoisotopic (exact) mass is 276 g/mol. The van der Waals surface area contributed by atoms with Crippen molar-refractivity contribution in [3.05, 3.63) is 30.1 Å². The first-order valence-corrected chi connectivity index (χ1v) is 6.22. The Kier molecular flexibility index (Phi) is 4.54. The molecule has 0 fully saturated rings. The van der Waals surface area contributed by atoms with Gasteiger partial charge in [-0.3, -0.25) is 15.2 Å². The van der Waals surface area contributed by atoms with Gasteiger partial charge in [-0.25, -0.2) is 0 Å². The summed E-state index contributed by atoms with van der Waals surface area (Å²) in [6.45, 7) is 4.17. The Morgan fingerprint density at radius 2 is 1.90 bits per heavy atom. The Hall–Kier alpha value is -2.57. The van der Waals surface area contributed by atoms with E-state index in [9.17, 15) is 4.79 Å². The number of anilines is 1. The van der Waals surface area contributed by atoms with Crippen LogP contribution in [0.5, 0.6) is 11.5 Å². The summed E-state index contributed by atoms with van der Waals surface area (Å²) in [5.41, 5.74) is 0. The van der Waals surface area contributed by atoms with Gasteiger partial charge in [-0.05, 0) is 38.1 Å². The summed E-state index contributed by atoms with van der Waals surface area (Å²) >= 11 is 0. The van der Waals surface area contributed by atoms with Crippen LogP contribution in [-0.4, -0.2) is 34.3 Å². The zero-order valence-corrected chi connectivity index (χ0v) is 11.3. The lowest BCUT2D eigenvalue weighted by atomic mass is 10.3. The number of benzene rings is 1. The first kappa shape index (κ1) is 13.9. The SMILES string of the molecule is CCOc1ccc(OCC(=O)Nc2n[nH]c(C)n2)cc1. The quantitative estimate of drug-likeness (QED) is 0.835. The molecular weight excluding hydrogens is 260 g/mol. The van der Waals surface area contributed by atoms with Gasteiger partial charge < -0.3 is 9.47 Å². The number of ether oxygens (including phenoxy) is 2. The van der Waals surface area contributed by atoms with Crippen LogP contribution in [-0.2, 0) is 4.79 Å². The van der Waals surface area contributed by atoms with E-state index in [1.807, 2.05) is 6.92 Å². The Balaban J connectivity index is 1.80. The summed E-state index contributed by atoms with van der Waals surface area (Å²) in [4.78, 5) is 15.6. The number of carbonyl (C=O) groups is 1. The molecule has 7 nitrogen and oxygen atoms in total. The maximum Gasteiger partial charge on any atom is 0.264 e. The molecule has 2 rings (SSSR count). The third kappa shape index (κ3) is 3.98. The number of hydrogen-bond donors (Lipinski definition) is 2. The summed E-state index contributed by atoms with van der Waals surface area (Å²) in [7, 11) is 0. The fourth-order valence-corrected chi connectivity index (χ4v) is 1.51. The number of aryl methyl sites for hydroxylation is 1. The molecule has 20 heavy (non-hydrogen) atoms. The second kappa shape index (κ2) is 6.55. The molecule has 0 spiro atoms. The summed E-state index contributed by atoms with van der Waals surface area (Å²) in [5.74, 6) is 1.91. The van der Waals surface area contributed by atoms with Crippen molar-refractivity contribution >= 4 is 11.9 Å². The molecule has 0 radical (unpaired) electrons. The Morgan fingerprint density at radius 3 is 2.45 bits per heavy atom. The number of rotatable bonds is 6. The van der Waals surface area contributed by atoms with Gasteiger partial charge in [-0.15, -0.1) is 5.10 Å². The number of carbonyl (C=O) groups excluding carboxylic acids is 1. The van der Waals surface area contributed by atoms with Gasteiger partial charge in [0.05, 0.1) is 6.61 Å². The average Bonchev–Trinajstić information content (AvgIpc) is 2.84. The Labute approximate surface area is 116 Å². The fraction of sp³-hybridized carbons (Fsp3) is 0.308. The minimum absolute atomic E-state index is 0.110. The Morgan fingerprint density at radius 1 is 1.25 bits per heavy atom. The number of nitrogens with one attached hydrogen (secondary N) is 2. The molecule has 0 unspecified atom stereocenters. The summed E-state index contributed by atoms with van der Waals surface area (Å²) < 4.78 is 10.7. The van der Waals surface area contributed by atoms with Gasteiger partial charge in [-0.2, -0.15) is 4.98 Å². The summed E-state index contributed by atoms with van der Waals surface area (Å²) in [5, 5.41) is 8.96. The molecule has 0 saturated carbocycles. The molecule has 1 heterocycles. The van der Waals surface area contributed by atoms with Gasteiger partial charge >= 0.3 is 0 Å². The van der Waals surface area contributed by atoms with E-state index >= 15 is 0 Å². The lowest BCUT2D eigenvalue weighted by Crippen LogP contribution is -2.20. The number of amides is 1. The van der Waals surface area contributed by atoms with Gasteiger partial charge in [-0.1, -0.05) is 0 Å². The predicted octanol–water partition coefficient (Wildman–Crippen LogP) is 1.53. The number of nitrogens with zero attached hydrogens (tertiary/aromatic N) is 2. The van der Waals surface area contributed by atoms with Crippen molar-refractivity contribution in [1.29, 1.82) is 0 Å². The molecule has 2 N–H and O–H groups in total. The second-order valence-electron chi connectivity index (χ2n) is 3.99. The topological polar surface area (TPSA) is 89.1 Å². The molecule has 0 aliphatic heterocycles. The third-order valence-electron chi connectivity index (χ3n) is 2.35. The fourth-order valence-electron chi connectivity index (χ4n) is 1.51. The van der Waals surface area contributed by atoms with E-state index in [4.69, 9.17) is 9.47 Å². The highest BCUT2D eigenvalue weighted by atomic mass is 16.5. The summed E-state index contributed by atoms with van der Waals surface area (Å²) in [6.07, 6.45) is 0. The number of H-pyrrole nitrogens is 1. The van der Waals surface area contributed by atoms with Crippen LogP contribution >= 0.6 is 0 Å². The zero-order chi connectivity index (χ0) is 14.4.